The Morgan fingerprint density at radius 3 is 2.41 bits per heavy atom. The molecule has 6 atom stereocenters. The maximum absolute atomic E-state index is 11.5. The van der Waals surface area contributed by atoms with Gasteiger partial charge in [-0.25, -0.2) is 0 Å². The SMILES string of the molecule is CC(=O)O[C@H]1CC[C@@]2(C)C(=CC[C@@H]3[C@@H]2CC[C@]2(C)/C(=C\O[Si](C)(C)C(C)(C)C)CC[C@@H]32)C1. The quantitative estimate of drug-likeness (QED) is 0.187. The fourth-order valence-electron chi connectivity index (χ4n) is 7.40. The average Bonchev–Trinajstić information content (AvgIpc) is 3.02. The van der Waals surface area contributed by atoms with Crippen molar-refractivity contribution in [3.8, 4) is 0 Å². The highest BCUT2D eigenvalue weighted by atomic mass is 28.4. The lowest BCUT2D eigenvalue weighted by molar-refractivity contribution is -0.148. The van der Waals surface area contributed by atoms with Crippen LogP contribution in [0.15, 0.2) is 23.5 Å². The molecule has 0 bridgehead atoms. The molecule has 4 aliphatic carbocycles. The van der Waals surface area contributed by atoms with E-state index in [1.165, 1.54) is 38.5 Å². The molecule has 0 aromatic carbocycles. The number of carbonyl (C=O) groups excluding carboxylic acids is 1. The third kappa shape index (κ3) is 3.93. The number of hydrogen-bond donors (Lipinski definition) is 0. The van der Waals surface area contributed by atoms with Crippen molar-refractivity contribution in [3.63, 3.8) is 0 Å². The Kier molecular flexibility index (Phi) is 6.05. The molecule has 3 fully saturated rings. The molecule has 3 saturated carbocycles. The standard InChI is InChI=1S/C28H46O3Si/c1-19(29)31-22-13-15-27(5)20(17-22)9-11-23-24-12-10-21(28(24,6)16-14-25(23)27)18-30-32(7,8)26(2,3)4/h9,18,22-25H,10-17H2,1-8H3/b21-18-/t22-,23-,24-,25-,27-,28+/m0/s1. The molecule has 0 aromatic heterocycles. The third-order valence-corrected chi connectivity index (χ3v) is 14.9. The second kappa shape index (κ2) is 8.03. The largest absolute Gasteiger partial charge is 0.549 e. The molecule has 0 radical (unpaired) electrons. The molecule has 4 heteroatoms. The van der Waals surface area contributed by atoms with Gasteiger partial charge in [0.05, 0.1) is 6.26 Å². The first-order valence-corrected chi connectivity index (χ1v) is 15.9. The molecular formula is C28H46O3Si. The van der Waals surface area contributed by atoms with E-state index in [0.29, 0.717) is 10.8 Å². The fourth-order valence-corrected chi connectivity index (χ4v) is 8.19. The van der Waals surface area contributed by atoms with Gasteiger partial charge in [0.15, 0.2) is 0 Å². The summed E-state index contributed by atoms with van der Waals surface area (Å²) in [6.07, 6.45) is 14.4. The smallest absolute Gasteiger partial charge is 0.302 e. The van der Waals surface area contributed by atoms with Gasteiger partial charge in [-0.1, -0.05) is 46.3 Å². The van der Waals surface area contributed by atoms with Crippen LogP contribution in [0.5, 0.6) is 0 Å². The van der Waals surface area contributed by atoms with Crippen LogP contribution in [0.25, 0.3) is 0 Å². The van der Waals surface area contributed by atoms with E-state index in [9.17, 15) is 4.79 Å². The van der Waals surface area contributed by atoms with Crippen molar-refractivity contribution in [2.45, 2.75) is 117 Å². The van der Waals surface area contributed by atoms with E-state index in [2.05, 4.69) is 60.1 Å². The van der Waals surface area contributed by atoms with Crippen LogP contribution in [0.1, 0.15) is 92.9 Å². The Labute approximate surface area is 197 Å². The summed E-state index contributed by atoms with van der Waals surface area (Å²) >= 11 is 0. The van der Waals surface area contributed by atoms with Crippen LogP contribution in [0.3, 0.4) is 0 Å². The van der Waals surface area contributed by atoms with E-state index >= 15 is 0 Å². The van der Waals surface area contributed by atoms with Crippen molar-refractivity contribution in [2.24, 2.45) is 28.6 Å². The molecule has 4 aliphatic rings. The van der Waals surface area contributed by atoms with Gasteiger partial charge in [-0.3, -0.25) is 4.79 Å². The van der Waals surface area contributed by atoms with Crippen molar-refractivity contribution in [1.29, 1.82) is 0 Å². The summed E-state index contributed by atoms with van der Waals surface area (Å²) in [6, 6.07) is 0. The summed E-state index contributed by atoms with van der Waals surface area (Å²) < 4.78 is 12.2. The predicted octanol–water partition coefficient (Wildman–Crippen LogP) is 7.79. The van der Waals surface area contributed by atoms with Gasteiger partial charge in [0, 0.05) is 13.3 Å². The van der Waals surface area contributed by atoms with Gasteiger partial charge in [0.25, 0.3) is 0 Å². The molecule has 32 heavy (non-hydrogen) atoms. The first-order valence-electron chi connectivity index (χ1n) is 13.0. The molecule has 0 spiro atoms. The molecule has 4 rings (SSSR count). The van der Waals surface area contributed by atoms with Crippen LogP contribution >= 0.6 is 0 Å². The fraction of sp³-hybridized carbons (Fsp3) is 0.821. The topological polar surface area (TPSA) is 35.5 Å². The molecule has 3 nitrogen and oxygen atoms in total. The van der Waals surface area contributed by atoms with Gasteiger partial charge < -0.3 is 9.16 Å². The Hall–Kier alpha value is -1.03. The third-order valence-electron chi connectivity index (χ3n) is 10.5. The molecule has 0 aliphatic heterocycles. The van der Waals surface area contributed by atoms with Gasteiger partial charge in [-0.2, -0.15) is 0 Å². The van der Waals surface area contributed by atoms with Crippen LogP contribution < -0.4 is 0 Å². The zero-order chi connectivity index (χ0) is 23.5. The maximum atomic E-state index is 11.5. The molecule has 0 amide bonds. The lowest BCUT2D eigenvalue weighted by Crippen LogP contribution is -2.49. The number of fused-ring (bicyclic) bond motifs is 5. The highest BCUT2D eigenvalue weighted by Gasteiger charge is 2.57. The van der Waals surface area contributed by atoms with E-state index in [4.69, 9.17) is 9.16 Å². The average molecular weight is 459 g/mol. The number of carbonyl (C=O) groups is 1. The lowest BCUT2D eigenvalue weighted by atomic mass is 9.48. The molecule has 0 unspecified atom stereocenters. The first kappa shape index (κ1) is 24.1. The van der Waals surface area contributed by atoms with Crippen LogP contribution in [0.2, 0.25) is 18.1 Å². The molecule has 0 aromatic rings. The minimum atomic E-state index is -1.77. The van der Waals surface area contributed by atoms with Crippen molar-refractivity contribution in [2.75, 3.05) is 0 Å². The number of hydrogen-bond acceptors (Lipinski definition) is 3. The lowest BCUT2D eigenvalue weighted by Gasteiger charge is -2.57. The molecule has 0 N–H and O–H groups in total. The molecule has 180 valence electrons. The van der Waals surface area contributed by atoms with Crippen molar-refractivity contribution >= 4 is 14.3 Å². The van der Waals surface area contributed by atoms with Gasteiger partial charge in [0.1, 0.15) is 6.10 Å². The highest BCUT2D eigenvalue weighted by Crippen LogP contribution is 2.66. The van der Waals surface area contributed by atoms with Crippen LogP contribution in [0.4, 0.5) is 0 Å². The van der Waals surface area contributed by atoms with Gasteiger partial charge in [0.2, 0.25) is 8.32 Å². The van der Waals surface area contributed by atoms with E-state index in [0.717, 1.165) is 30.6 Å². The minimum Gasteiger partial charge on any atom is -0.549 e. The van der Waals surface area contributed by atoms with Gasteiger partial charge >= 0.3 is 5.97 Å². The summed E-state index contributed by atoms with van der Waals surface area (Å²) in [5.41, 5.74) is 3.77. The monoisotopic (exact) mass is 458 g/mol. The van der Waals surface area contributed by atoms with E-state index in [-0.39, 0.29) is 17.1 Å². The zero-order valence-corrected chi connectivity index (χ0v) is 22.8. The minimum absolute atomic E-state index is 0.0886. The van der Waals surface area contributed by atoms with E-state index in [1.807, 2.05) is 0 Å². The van der Waals surface area contributed by atoms with E-state index < -0.39 is 8.32 Å². The second-order valence-corrected chi connectivity index (χ2v) is 18.0. The zero-order valence-electron chi connectivity index (χ0n) is 21.8. The normalized spacial score (nSPS) is 40.8. The second-order valence-electron chi connectivity index (χ2n) is 13.2. The highest BCUT2D eigenvalue weighted by molar-refractivity contribution is 6.74. The summed E-state index contributed by atoms with van der Waals surface area (Å²) in [7, 11) is -1.77. The van der Waals surface area contributed by atoms with Gasteiger partial charge in [-0.05, 0) is 97.2 Å². The molecular weight excluding hydrogens is 412 g/mol. The number of allylic oxidation sites excluding steroid dienone is 2. The van der Waals surface area contributed by atoms with Crippen LogP contribution in [-0.2, 0) is 14.0 Å². The summed E-state index contributed by atoms with van der Waals surface area (Å²) in [5, 5.41) is 0.241. The number of ether oxygens (including phenoxy) is 1. The molecule has 0 saturated heterocycles. The van der Waals surface area contributed by atoms with Crippen molar-refractivity contribution < 1.29 is 14.0 Å². The van der Waals surface area contributed by atoms with Crippen molar-refractivity contribution in [1.82, 2.24) is 0 Å². The van der Waals surface area contributed by atoms with Gasteiger partial charge in [-0.15, -0.1) is 0 Å². The molecule has 0 heterocycles. The van der Waals surface area contributed by atoms with Crippen molar-refractivity contribution in [3.05, 3.63) is 23.5 Å². The summed E-state index contributed by atoms with van der Waals surface area (Å²) in [4.78, 5) is 11.5. The predicted molar refractivity (Wildman–Crippen MR) is 134 cm³/mol. The number of rotatable bonds is 3. The Morgan fingerprint density at radius 1 is 1.09 bits per heavy atom. The Balaban J connectivity index is 1.53. The number of esters is 1. The van der Waals surface area contributed by atoms with Crippen LogP contribution in [-0.4, -0.2) is 20.4 Å². The Morgan fingerprint density at radius 2 is 1.75 bits per heavy atom. The Bertz CT molecular complexity index is 819. The summed E-state index contributed by atoms with van der Waals surface area (Å²) in [5.74, 6) is 2.20. The summed E-state index contributed by atoms with van der Waals surface area (Å²) in [6.45, 7) is 18.3. The maximum Gasteiger partial charge on any atom is 0.302 e. The van der Waals surface area contributed by atoms with Crippen LogP contribution in [0, 0.1) is 28.6 Å². The van der Waals surface area contributed by atoms with E-state index in [1.54, 1.807) is 18.1 Å². The first-order chi connectivity index (χ1) is 14.8.